The third kappa shape index (κ3) is 1.80. The van der Waals surface area contributed by atoms with E-state index in [9.17, 15) is 4.79 Å². The minimum absolute atomic E-state index is 0. The Bertz CT molecular complexity index is 473. The molecule has 1 aromatic heterocycles. The number of nitrogens with zero attached hydrogens (tertiary/aromatic N) is 2. The lowest BCUT2D eigenvalue weighted by Gasteiger charge is -1.96. The van der Waals surface area contributed by atoms with Crippen LogP contribution in [0.1, 0.15) is 10.4 Å². The van der Waals surface area contributed by atoms with Crippen LogP contribution in [-0.4, -0.2) is 21.0 Å². The first-order valence-corrected chi connectivity index (χ1v) is 3.70. The lowest BCUT2D eigenvalue weighted by Crippen LogP contribution is -1.95. The molecule has 1 aromatic carbocycles. The van der Waals surface area contributed by atoms with Crippen molar-refractivity contribution in [2.45, 2.75) is 0 Å². The first kappa shape index (κ1) is 10.4. The van der Waals surface area contributed by atoms with Crippen LogP contribution in [0.2, 0.25) is 0 Å². The predicted octanol–water partition coefficient (Wildman–Crippen LogP) is 1.75. The number of carboxylic acid groups (broad SMARTS) is 1. The van der Waals surface area contributed by atoms with E-state index in [1.807, 2.05) is 0 Å². The summed E-state index contributed by atoms with van der Waals surface area (Å²) in [6.45, 7) is 0. The molecule has 1 N–H and O–H groups in total. The smallest absolute Gasteiger partial charge is 0.335 e. The van der Waals surface area contributed by atoms with Crippen LogP contribution in [0.25, 0.3) is 10.9 Å². The highest BCUT2D eigenvalue weighted by molar-refractivity contribution is 5.92. The van der Waals surface area contributed by atoms with Crippen molar-refractivity contribution in [3.63, 3.8) is 0 Å². The molecule has 0 aliphatic rings. The van der Waals surface area contributed by atoms with Gasteiger partial charge in [0.05, 0.1) is 11.1 Å². The summed E-state index contributed by atoms with van der Waals surface area (Å²) in [6, 6.07) is 4.76. The van der Waals surface area contributed by atoms with Gasteiger partial charge in [-0.05, 0) is 12.1 Å². The number of benzene rings is 1. The monoisotopic (exact) mass is 210 g/mol. The van der Waals surface area contributed by atoms with Crippen molar-refractivity contribution >= 4 is 29.3 Å². The Kier molecular flexibility index (Phi) is 2.99. The molecule has 72 valence electrons. The number of rotatable bonds is 1. The maximum Gasteiger partial charge on any atom is 0.335 e. The Balaban J connectivity index is 0.000000980. The van der Waals surface area contributed by atoms with Crippen LogP contribution in [0.4, 0.5) is 0 Å². The Morgan fingerprint density at radius 1 is 1.36 bits per heavy atom. The summed E-state index contributed by atoms with van der Waals surface area (Å²) in [4.78, 5) is 18.4. The second-order valence-corrected chi connectivity index (χ2v) is 2.60. The molecule has 0 amide bonds. The van der Waals surface area contributed by atoms with Gasteiger partial charge < -0.3 is 5.11 Å². The molecule has 0 unspecified atom stereocenters. The Morgan fingerprint density at radius 3 is 2.86 bits per heavy atom. The van der Waals surface area contributed by atoms with Gasteiger partial charge in [0.1, 0.15) is 6.33 Å². The SMILES string of the molecule is Cl.O=C(O)c1ccc2cncnc2c1. The molecular formula is C9H7ClN2O2. The van der Waals surface area contributed by atoms with E-state index in [-0.39, 0.29) is 18.0 Å². The molecule has 0 bridgehead atoms. The highest BCUT2D eigenvalue weighted by atomic mass is 35.5. The van der Waals surface area contributed by atoms with Crippen molar-refractivity contribution in [2.24, 2.45) is 0 Å². The normalized spacial score (nSPS) is 9.43. The summed E-state index contributed by atoms with van der Waals surface area (Å²) in [7, 11) is 0. The van der Waals surface area contributed by atoms with E-state index in [0.29, 0.717) is 5.52 Å². The Labute approximate surface area is 86.0 Å². The molecule has 5 heteroatoms. The molecule has 2 rings (SSSR count). The van der Waals surface area contributed by atoms with Crippen molar-refractivity contribution in [1.29, 1.82) is 0 Å². The molecule has 0 aliphatic heterocycles. The number of hydrogen-bond acceptors (Lipinski definition) is 3. The van der Waals surface area contributed by atoms with Gasteiger partial charge in [-0.25, -0.2) is 14.8 Å². The van der Waals surface area contributed by atoms with Crippen LogP contribution in [-0.2, 0) is 0 Å². The van der Waals surface area contributed by atoms with Gasteiger partial charge in [0.25, 0.3) is 0 Å². The van der Waals surface area contributed by atoms with Gasteiger partial charge in [-0.15, -0.1) is 12.4 Å². The fourth-order valence-electron chi connectivity index (χ4n) is 1.11. The standard InChI is InChI=1S/C9H6N2O2.ClH/c12-9(13)6-1-2-7-4-10-5-11-8(7)3-6;/h1-5H,(H,12,13);1H. The molecule has 2 aromatic rings. The Hall–Kier alpha value is -1.68. The highest BCUT2D eigenvalue weighted by Crippen LogP contribution is 2.11. The third-order valence-corrected chi connectivity index (χ3v) is 1.75. The predicted molar refractivity (Wildman–Crippen MR) is 53.7 cm³/mol. The number of carbonyl (C=O) groups is 1. The number of fused-ring (bicyclic) bond motifs is 1. The number of aromatic nitrogens is 2. The van der Waals surface area contributed by atoms with Gasteiger partial charge in [-0.2, -0.15) is 0 Å². The summed E-state index contributed by atoms with van der Waals surface area (Å²) >= 11 is 0. The quantitative estimate of drug-likeness (QED) is 0.779. The zero-order valence-electron chi connectivity index (χ0n) is 7.04. The first-order valence-electron chi connectivity index (χ1n) is 3.70. The number of carboxylic acids is 1. The molecule has 1 heterocycles. The molecular weight excluding hydrogens is 204 g/mol. The minimum Gasteiger partial charge on any atom is -0.478 e. The molecule has 4 nitrogen and oxygen atoms in total. The number of aromatic carboxylic acids is 1. The largest absolute Gasteiger partial charge is 0.478 e. The molecule has 14 heavy (non-hydrogen) atoms. The molecule has 0 saturated heterocycles. The lowest BCUT2D eigenvalue weighted by molar-refractivity contribution is 0.0697. The summed E-state index contributed by atoms with van der Waals surface area (Å²) < 4.78 is 0. The van der Waals surface area contributed by atoms with Crippen LogP contribution in [0.3, 0.4) is 0 Å². The van der Waals surface area contributed by atoms with E-state index in [0.717, 1.165) is 5.39 Å². The summed E-state index contributed by atoms with van der Waals surface area (Å²) in [5.41, 5.74) is 0.890. The second kappa shape index (κ2) is 4.02. The van der Waals surface area contributed by atoms with E-state index >= 15 is 0 Å². The fraction of sp³-hybridized carbons (Fsp3) is 0. The van der Waals surface area contributed by atoms with Crippen LogP contribution < -0.4 is 0 Å². The summed E-state index contributed by atoms with van der Waals surface area (Å²) in [5, 5.41) is 9.54. The van der Waals surface area contributed by atoms with Crippen molar-refractivity contribution in [3.8, 4) is 0 Å². The third-order valence-electron chi connectivity index (χ3n) is 1.75. The molecule has 0 fully saturated rings. The average molecular weight is 211 g/mol. The maximum atomic E-state index is 10.6. The van der Waals surface area contributed by atoms with Gasteiger partial charge in [0.2, 0.25) is 0 Å². The average Bonchev–Trinajstić information content (AvgIpc) is 2.17. The van der Waals surface area contributed by atoms with E-state index in [1.54, 1.807) is 12.3 Å². The van der Waals surface area contributed by atoms with Crippen molar-refractivity contribution in [2.75, 3.05) is 0 Å². The van der Waals surface area contributed by atoms with Crippen LogP contribution in [0.15, 0.2) is 30.7 Å². The van der Waals surface area contributed by atoms with Crippen molar-refractivity contribution < 1.29 is 9.90 Å². The molecule has 0 atom stereocenters. The van der Waals surface area contributed by atoms with E-state index < -0.39 is 5.97 Å². The molecule has 0 saturated carbocycles. The number of hydrogen-bond donors (Lipinski definition) is 1. The zero-order chi connectivity index (χ0) is 9.26. The van der Waals surface area contributed by atoms with Crippen LogP contribution >= 0.6 is 12.4 Å². The van der Waals surface area contributed by atoms with Gasteiger partial charge in [0.15, 0.2) is 0 Å². The van der Waals surface area contributed by atoms with Crippen molar-refractivity contribution in [1.82, 2.24) is 9.97 Å². The fourth-order valence-corrected chi connectivity index (χ4v) is 1.11. The molecule has 0 spiro atoms. The Morgan fingerprint density at radius 2 is 2.14 bits per heavy atom. The second-order valence-electron chi connectivity index (χ2n) is 2.60. The van der Waals surface area contributed by atoms with Gasteiger partial charge in [-0.1, -0.05) is 6.07 Å². The molecule has 0 radical (unpaired) electrons. The van der Waals surface area contributed by atoms with E-state index in [4.69, 9.17) is 5.11 Å². The van der Waals surface area contributed by atoms with E-state index in [1.165, 1.54) is 18.5 Å². The maximum absolute atomic E-state index is 10.6. The van der Waals surface area contributed by atoms with Crippen LogP contribution in [0.5, 0.6) is 0 Å². The van der Waals surface area contributed by atoms with Gasteiger partial charge >= 0.3 is 5.97 Å². The minimum atomic E-state index is -0.944. The van der Waals surface area contributed by atoms with Gasteiger partial charge in [0, 0.05) is 11.6 Å². The summed E-state index contributed by atoms with van der Waals surface area (Å²) in [5.74, 6) is -0.944. The highest BCUT2D eigenvalue weighted by Gasteiger charge is 2.03. The zero-order valence-corrected chi connectivity index (χ0v) is 7.86. The van der Waals surface area contributed by atoms with Gasteiger partial charge in [-0.3, -0.25) is 0 Å². The van der Waals surface area contributed by atoms with E-state index in [2.05, 4.69) is 9.97 Å². The summed E-state index contributed by atoms with van der Waals surface area (Å²) in [6.07, 6.45) is 3.04. The first-order chi connectivity index (χ1) is 6.27. The number of halogens is 1. The van der Waals surface area contributed by atoms with Crippen molar-refractivity contribution in [3.05, 3.63) is 36.3 Å². The van der Waals surface area contributed by atoms with Crippen LogP contribution in [0, 0.1) is 0 Å². The lowest BCUT2D eigenvalue weighted by atomic mass is 10.1. The topological polar surface area (TPSA) is 63.1 Å². The molecule has 0 aliphatic carbocycles.